The third kappa shape index (κ3) is 3.27. The topological polar surface area (TPSA) is 93.1 Å². The number of carbonyl (C=O) groups is 2. The first-order chi connectivity index (χ1) is 12.3. The van der Waals surface area contributed by atoms with E-state index in [1.165, 1.54) is 6.08 Å². The third-order valence-corrected chi connectivity index (χ3v) is 5.13. The van der Waals surface area contributed by atoms with Crippen LogP contribution in [0.4, 0.5) is 0 Å². The van der Waals surface area contributed by atoms with Gasteiger partial charge >= 0.3 is 11.9 Å². The molecule has 0 amide bonds. The first kappa shape index (κ1) is 18.6. The molecule has 138 valence electrons. The summed E-state index contributed by atoms with van der Waals surface area (Å²) < 4.78 is 11.9. The molecule has 0 aromatic heterocycles. The molecule has 0 spiro atoms. The first-order valence-electron chi connectivity index (χ1n) is 7.96. The molecule has 1 fully saturated rings. The Hall–Kier alpha value is -2.18. The Morgan fingerprint density at radius 1 is 1.04 bits per heavy atom. The highest BCUT2D eigenvalue weighted by molar-refractivity contribution is 6.32. The number of para-hydroxylation sites is 1. The van der Waals surface area contributed by atoms with Crippen molar-refractivity contribution in [3.8, 4) is 5.75 Å². The molecule has 6 nitrogen and oxygen atoms in total. The number of carboxylic acids is 2. The maximum atomic E-state index is 11.4. The van der Waals surface area contributed by atoms with Crippen LogP contribution in [-0.4, -0.2) is 27.9 Å². The van der Waals surface area contributed by atoms with Crippen molar-refractivity contribution in [3.63, 3.8) is 0 Å². The van der Waals surface area contributed by atoms with Gasteiger partial charge in [-0.15, -0.1) is 0 Å². The third-order valence-electron chi connectivity index (χ3n) is 4.53. The van der Waals surface area contributed by atoms with E-state index < -0.39 is 23.1 Å². The van der Waals surface area contributed by atoms with Gasteiger partial charge in [0.05, 0.1) is 10.1 Å². The maximum Gasteiger partial charge on any atom is 0.325 e. The zero-order valence-corrected chi connectivity index (χ0v) is 15.1. The van der Waals surface area contributed by atoms with Crippen molar-refractivity contribution < 1.29 is 29.3 Å². The van der Waals surface area contributed by atoms with E-state index in [0.717, 1.165) is 12.5 Å². The van der Waals surface area contributed by atoms with Crippen molar-refractivity contribution in [2.24, 2.45) is 5.41 Å². The summed E-state index contributed by atoms with van der Waals surface area (Å²) in [7, 11) is 0. The first-order valence-corrected chi connectivity index (χ1v) is 8.72. The molecule has 1 saturated carbocycles. The summed E-state index contributed by atoms with van der Waals surface area (Å²) in [5, 5.41) is 18.9. The average Bonchev–Trinajstić information content (AvgIpc) is 2.55. The molecule has 0 unspecified atom stereocenters. The summed E-state index contributed by atoms with van der Waals surface area (Å²) in [5.41, 5.74) is -2.10. The van der Waals surface area contributed by atoms with Crippen LogP contribution in [0.5, 0.6) is 5.75 Å². The van der Waals surface area contributed by atoms with Crippen LogP contribution in [-0.2, 0) is 14.3 Å². The van der Waals surface area contributed by atoms with E-state index >= 15 is 0 Å². The quantitative estimate of drug-likeness (QED) is 0.551. The summed E-state index contributed by atoms with van der Waals surface area (Å²) in [5.74, 6) is -3.25. The normalized spacial score (nSPS) is 20.2. The lowest BCUT2D eigenvalue weighted by Crippen LogP contribution is -2.46. The predicted molar refractivity (Wildman–Crippen MR) is 94.1 cm³/mol. The molecule has 0 bridgehead atoms. The zero-order valence-electron chi connectivity index (χ0n) is 13.6. The molecule has 0 radical (unpaired) electrons. The molecule has 0 heterocycles. The van der Waals surface area contributed by atoms with Crippen molar-refractivity contribution >= 4 is 35.1 Å². The Balaban J connectivity index is 1.81. The summed E-state index contributed by atoms with van der Waals surface area (Å²) in [6, 6.07) is 6.99. The lowest BCUT2D eigenvalue weighted by atomic mass is 9.81. The van der Waals surface area contributed by atoms with E-state index in [9.17, 15) is 19.8 Å². The van der Waals surface area contributed by atoms with Crippen molar-refractivity contribution in [2.45, 2.75) is 31.5 Å². The molecule has 1 aromatic carbocycles. The number of hydrogen-bond acceptors (Lipinski definition) is 4. The number of allylic oxidation sites excluding steroid dienone is 2. The van der Waals surface area contributed by atoms with Gasteiger partial charge < -0.3 is 19.7 Å². The molecule has 26 heavy (non-hydrogen) atoms. The van der Waals surface area contributed by atoms with Gasteiger partial charge in [-0.25, -0.2) is 0 Å². The number of benzene rings is 1. The molecular weight excluding hydrogens is 383 g/mol. The minimum absolute atomic E-state index is 0.0740. The van der Waals surface area contributed by atoms with Gasteiger partial charge in [-0.1, -0.05) is 35.3 Å². The monoisotopic (exact) mass is 398 g/mol. The summed E-state index contributed by atoms with van der Waals surface area (Å²) in [4.78, 5) is 22.8. The van der Waals surface area contributed by atoms with Crippen LogP contribution in [0.1, 0.15) is 25.7 Å². The van der Waals surface area contributed by atoms with Crippen LogP contribution in [0.3, 0.4) is 0 Å². The number of ether oxygens (including phenoxy) is 2. The fraction of sp³-hybridized carbons (Fsp3) is 0.333. The van der Waals surface area contributed by atoms with Crippen LogP contribution in [0.25, 0.3) is 0 Å². The minimum atomic E-state index is -2.10. The van der Waals surface area contributed by atoms with Crippen molar-refractivity contribution in [1.29, 1.82) is 0 Å². The molecular formula is C18H16Cl2O6. The Morgan fingerprint density at radius 3 is 2.19 bits per heavy atom. The second-order valence-corrected chi connectivity index (χ2v) is 7.06. The number of hydrogen-bond donors (Lipinski definition) is 2. The summed E-state index contributed by atoms with van der Waals surface area (Å²) in [6.45, 7) is 0. The number of rotatable bonds is 6. The standard InChI is InChI=1S/C18H16Cl2O6/c19-11-4-1-2-5-13(11)25-18(7-3-8-18)26-14-6-9-17(15(21)22,16(23)24)10-12(14)20/h1-2,4-6,10H,3,7-9H2,(H,21,22)(H,23,24). The second-order valence-electron chi connectivity index (χ2n) is 6.25. The van der Waals surface area contributed by atoms with E-state index in [-0.39, 0.29) is 17.2 Å². The fourth-order valence-corrected chi connectivity index (χ4v) is 3.27. The molecule has 0 aliphatic heterocycles. The van der Waals surface area contributed by atoms with E-state index in [1.54, 1.807) is 24.3 Å². The molecule has 1 aromatic rings. The molecule has 8 heteroatoms. The highest BCUT2D eigenvalue weighted by atomic mass is 35.5. The van der Waals surface area contributed by atoms with Crippen molar-refractivity contribution in [3.05, 3.63) is 52.2 Å². The van der Waals surface area contributed by atoms with Gasteiger partial charge in [0.2, 0.25) is 0 Å². The molecule has 2 aliphatic carbocycles. The van der Waals surface area contributed by atoms with E-state index in [0.29, 0.717) is 23.6 Å². The van der Waals surface area contributed by atoms with Gasteiger partial charge in [-0.05, 0) is 37.1 Å². The summed E-state index contributed by atoms with van der Waals surface area (Å²) in [6.07, 6.45) is 4.18. The van der Waals surface area contributed by atoms with E-state index in [1.807, 2.05) is 0 Å². The van der Waals surface area contributed by atoms with Crippen molar-refractivity contribution in [1.82, 2.24) is 0 Å². The van der Waals surface area contributed by atoms with E-state index in [4.69, 9.17) is 32.7 Å². The highest BCUT2D eigenvalue weighted by Crippen LogP contribution is 2.44. The van der Waals surface area contributed by atoms with E-state index in [2.05, 4.69) is 0 Å². The molecule has 2 aliphatic rings. The van der Waals surface area contributed by atoms with Crippen LogP contribution >= 0.6 is 23.2 Å². The number of halogens is 2. The lowest BCUT2D eigenvalue weighted by molar-refractivity contribution is -0.202. The maximum absolute atomic E-state index is 11.4. The second kappa shape index (κ2) is 6.85. The van der Waals surface area contributed by atoms with Crippen LogP contribution in [0, 0.1) is 5.41 Å². The Kier molecular flexibility index (Phi) is 4.90. The average molecular weight is 399 g/mol. The lowest BCUT2D eigenvalue weighted by Gasteiger charge is -2.42. The molecule has 0 saturated heterocycles. The van der Waals surface area contributed by atoms with Gasteiger partial charge in [-0.2, -0.15) is 0 Å². The zero-order chi connectivity index (χ0) is 18.9. The largest absolute Gasteiger partial charge is 0.480 e. The Bertz CT molecular complexity index is 796. The minimum Gasteiger partial charge on any atom is -0.480 e. The number of carboxylic acid groups (broad SMARTS) is 2. The molecule has 0 atom stereocenters. The predicted octanol–water partition coefficient (Wildman–Crippen LogP) is 4.18. The number of aliphatic carboxylic acids is 2. The Labute approximate surface area is 159 Å². The van der Waals surface area contributed by atoms with Crippen LogP contribution < -0.4 is 4.74 Å². The highest BCUT2D eigenvalue weighted by Gasteiger charge is 2.48. The van der Waals surface area contributed by atoms with Gasteiger partial charge in [0.25, 0.3) is 5.79 Å². The van der Waals surface area contributed by atoms with Crippen LogP contribution in [0.2, 0.25) is 5.02 Å². The Morgan fingerprint density at radius 2 is 1.69 bits per heavy atom. The summed E-state index contributed by atoms with van der Waals surface area (Å²) >= 11 is 12.3. The van der Waals surface area contributed by atoms with Gasteiger partial charge in [0.15, 0.2) is 5.41 Å². The van der Waals surface area contributed by atoms with Crippen molar-refractivity contribution in [2.75, 3.05) is 0 Å². The van der Waals surface area contributed by atoms with Gasteiger partial charge in [0.1, 0.15) is 11.5 Å². The van der Waals surface area contributed by atoms with Gasteiger partial charge in [0, 0.05) is 12.8 Å². The SMILES string of the molecule is O=C(O)C1(C(=O)O)C=C(Cl)C(OC2(Oc3ccccc3Cl)CCC2)=CC1. The van der Waals surface area contributed by atoms with Gasteiger partial charge in [-0.3, -0.25) is 9.59 Å². The fourth-order valence-electron chi connectivity index (χ4n) is 2.80. The molecule has 3 rings (SSSR count). The molecule has 2 N–H and O–H groups in total. The smallest absolute Gasteiger partial charge is 0.325 e. The van der Waals surface area contributed by atoms with Crippen LogP contribution in [0.15, 0.2) is 47.2 Å².